The molecule has 144 valence electrons. The van der Waals surface area contributed by atoms with Crippen LogP contribution < -0.4 is 15.1 Å². The summed E-state index contributed by atoms with van der Waals surface area (Å²) in [5.41, 5.74) is 0.597. The smallest absolute Gasteiger partial charge is 0.146 e. The fourth-order valence-corrected chi connectivity index (χ4v) is 4.13. The van der Waals surface area contributed by atoms with Crippen molar-refractivity contribution >= 4 is 17.3 Å². The van der Waals surface area contributed by atoms with E-state index in [-0.39, 0.29) is 5.82 Å². The van der Waals surface area contributed by atoms with E-state index in [1.807, 2.05) is 6.07 Å². The van der Waals surface area contributed by atoms with E-state index >= 15 is 0 Å². The highest BCUT2D eigenvalue weighted by Crippen LogP contribution is 2.26. The molecule has 4 rings (SSSR count). The maximum atomic E-state index is 13.8. The monoisotopic (exact) mass is 369 g/mol. The van der Waals surface area contributed by atoms with Gasteiger partial charge in [0.05, 0.1) is 5.69 Å². The molecule has 2 aliphatic heterocycles. The minimum Gasteiger partial charge on any atom is -0.380 e. The van der Waals surface area contributed by atoms with Gasteiger partial charge in [0, 0.05) is 38.3 Å². The molecule has 0 aliphatic carbocycles. The number of nitrogens with zero attached hydrogens (tertiary/aromatic N) is 4. The largest absolute Gasteiger partial charge is 0.380 e. The van der Waals surface area contributed by atoms with Gasteiger partial charge < -0.3 is 15.1 Å². The van der Waals surface area contributed by atoms with Gasteiger partial charge >= 0.3 is 0 Å². The number of nitrogens with one attached hydrogen (secondary N) is 1. The fourth-order valence-electron chi connectivity index (χ4n) is 4.13. The molecular weight excluding hydrogens is 341 g/mol. The number of anilines is 3. The van der Waals surface area contributed by atoms with Crippen molar-refractivity contribution in [2.75, 3.05) is 41.3 Å². The van der Waals surface area contributed by atoms with Gasteiger partial charge in [-0.05, 0) is 43.7 Å². The first kappa shape index (κ1) is 18.0. The lowest BCUT2D eigenvalue weighted by Gasteiger charge is -2.35. The van der Waals surface area contributed by atoms with Gasteiger partial charge in [-0.2, -0.15) is 0 Å². The lowest BCUT2D eigenvalue weighted by Crippen LogP contribution is -2.40. The van der Waals surface area contributed by atoms with Crippen molar-refractivity contribution in [2.45, 2.75) is 38.6 Å². The first-order valence-electron chi connectivity index (χ1n) is 10.0. The number of halogens is 1. The molecule has 0 saturated carbocycles. The highest BCUT2D eigenvalue weighted by molar-refractivity contribution is 5.51. The third-order valence-electron chi connectivity index (χ3n) is 5.67. The van der Waals surface area contributed by atoms with E-state index in [2.05, 4.69) is 38.1 Å². The molecule has 2 aromatic rings. The van der Waals surface area contributed by atoms with Crippen LogP contribution in [0.5, 0.6) is 0 Å². The Morgan fingerprint density at radius 1 is 1.00 bits per heavy atom. The average Bonchev–Trinajstić information content (AvgIpc) is 2.70. The molecule has 0 amide bonds. The van der Waals surface area contributed by atoms with E-state index in [1.54, 1.807) is 18.5 Å². The zero-order chi connectivity index (χ0) is 18.6. The first-order valence-corrected chi connectivity index (χ1v) is 10.0. The SMILES string of the molecule is CC1CCCN(c2cc(N3CCC(Nc4ccccc4F)CC3)ncn2)C1. The Morgan fingerprint density at radius 2 is 1.74 bits per heavy atom. The molecule has 5 nitrogen and oxygen atoms in total. The standard InChI is InChI=1S/C21H28FN5/c1-16-5-4-10-27(14-16)21-13-20(23-15-24-21)26-11-8-17(9-12-26)25-19-7-3-2-6-18(19)22/h2-3,6-7,13,15-17,25H,4-5,8-12,14H2,1H3. The molecule has 1 atom stereocenters. The van der Waals surface area contributed by atoms with Gasteiger partial charge in [-0.3, -0.25) is 0 Å². The zero-order valence-electron chi connectivity index (χ0n) is 15.9. The van der Waals surface area contributed by atoms with Crippen molar-refractivity contribution in [2.24, 2.45) is 5.92 Å². The van der Waals surface area contributed by atoms with E-state index in [0.29, 0.717) is 11.7 Å². The van der Waals surface area contributed by atoms with Crippen LogP contribution in [0, 0.1) is 11.7 Å². The molecule has 3 heterocycles. The molecule has 1 N–H and O–H groups in total. The molecule has 2 fully saturated rings. The van der Waals surface area contributed by atoms with Gasteiger partial charge in [-0.25, -0.2) is 14.4 Å². The van der Waals surface area contributed by atoms with Gasteiger partial charge in [-0.1, -0.05) is 19.1 Å². The summed E-state index contributed by atoms with van der Waals surface area (Å²) >= 11 is 0. The number of aromatic nitrogens is 2. The van der Waals surface area contributed by atoms with Gasteiger partial charge in [0.25, 0.3) is 0 Å². The zero-order valence-corrected chi connectivity index (χ0v) is 15.9. The highest BCUT2D eigenvalue weighted by atomic mass is 19.1. The molecule has 27 heavy (non-hydrogen) atoms. The summed E-state index contributed by atoms with van der Waals surface area (Å²) in [6.07, 6.45) is 6.15. The normalized spacial score (nSPS) is 21.3. The van der Waals surface area contributed by atoms with Gasteiger partial charge in [0.1, 0.15) is 23.8 Å². The Labute approximate surface area is 160 Å². The summed E-state index contributed by atoms with van der Waals surface area (Å²) in [5.74, 6) is 2.58. The predicted octanol–water partition coefficient (Wildman–Crippen LogP) is 3.93. The van der Waals surface area contributed by atoms with Crippen molar-refractivity contribution < 1.29 is 4.39 Å². The van der Waals surface area contributed by atoms with Crippen LogP contribution in [0.3, 0.4) is 0 Å². The Kier molecular flexibility index (Phi) is 5.41. The van der Waals surface area contributed by atoms with E-state index in [1.165, 1.54) is 18.9 Å². The maximum absolute atomic E-state index is 13.8. The molecule has 1 unspecified atom stereocenters. The lowest BCUT2D eigenvalue weighted by molar-refractivity contribution is 0.444. The first-order chi connectivity index (χ1) is 13.2. The Balaban J connectivity index is 1.37. The van der Waals surface area contributed by atoms with Crippen molar-refractivity contribution in [1.29, 1.82) is 0 Å². The summed E-state index contributed by atoms with van der Waals surface area (Å²) in [7, 11) is 0. The second kappa shape index (κ2) is 8.11. The van der Waals surface area contributed by atoms with E-state index in [4.69, 9.17) is 0 Å². The molecule has 2 aliphatic rings. The van der Waals surface area contributed by atoms with Crippen molar-refractivity contribution in [3.63, 3.8) is 0 Å². The van der Waals surface area contributed by atoms with Crippen LogP contribution in [0.25, 0.3) is 0 Å². The molecule has 0 bridgehead atoms. The minimum atomic E-state index is -0.184. The summed E-state index contributed by atoms with van der Waals surface area (Å²) < 4.78 is 13.8. The van der Waals surface area contributed by atoms with Crippen LogP contribution in [-0.4, -0.2) is 42.2 Å². The van der Waals surface area contributed by atoms with Crippen LogP contribution in [0.15, 0.2) is 36.7 Å². The molecule has 1 aromatic carbocycles. The Bertz CT molecular complexity index is 760. The fraction of sp³-hybridized carbons (Fsp3) is 0.524. The lowest BCUT2D eigenvalue weighted by atomic mass is 10.0. The number of hydrogen-bond donors (Lipinski definition) is 1. The van der Waals surface area contributed by atoms with Crippen LogP contribution in [-0.2, 0) is 0 Å². The molecule has 1 aromatic heterocycles. The van der Waals surface area contributed by atoms with Crippen molar-refractivity contribution in [3.8, 4) is 0 Å². The van der Waals surface area contributed by atoms with Crippen LogP contribution in [0.2, 0.25) is 0 Å². The Morgan fingerprint density at radius 3 is 2.48 bits per heavy atom. The van der Waals surface area contributed by atoms with Gasteiger partial charge in [0.2, 0.25) is 0 Å². The van der Waals surface area contributed by atoms with Gasteiger partial charge in [0.15, 0.2) is 0 Å². The highest BCUT2D eigenvalue weighted by Gasteiger charge is 2.23. The summed E-state index contributed by atoms with van der Waals surface area (Å²) in [5, 5.41) is 3.35. The molecule has 2 saturated heterocycles. The summed E-state index contributed by atoms with van der Waals surface area (Å²) in [4.78, 5) is 13.7. The molecule has 6 heteroatoms. The van der Waals surface area contributed by atoms with E-state index in [9.17, 15) is 4.39 Å². The van der Waals surface area contributed by atoms with Crippen LogP contribution in [0.1, 0.15) is 32.6 Å². The van der Waals surface area contributed by atoms with Crippen molar-refractivity contribution in [1.82, 2.24) is 9.97 Å². The Hall–Kier alpha value is -2.37. The third-order valence-corrected chi connectivity index (χ3v) is 5.67. The second-order valence-corrected chi connectivity index (χ2v) is 7.81. The van der Waals surface area contributed by atoms with Crippen LogP contribution >= 0.6 is 0 Å². The van der Waals surface area contributed by atoms with E-state index in [0.717, 1.165) is 56.6 Å². The molecule has 0 spiro atoms. The minimum absolute atomic E-state index is 0.184. The number of piperidine rings is 2. The number of benzene rings is 1. The third kappa shape index (κ3) is 4.31. The predicted molar refractivity (Wildman–Crippen MR) is 108 cm³/mol. The maximum Gasteiger partial charge on any atom is 0.146 e. The van der Waals surface area contributed by atoms with Crippen LogP contribution in [0.4, 0.5) is 21.7 Å². The topological polar surface area (TPSA) is 44.3 Å². The van der Waals surface area contributed by atoms with Gasteiger partial charge in [-0.15, -0.1) is 0 Å². The summed E-state index contributed by atoms with van der Waals surface area (Å²) in [6.45, 7) is 6.29. The van der Waals surface area contributed by atoms with Crippen molar-refractivity contribution in [3.05, 3.63) is 42.5 Å². The quantitative estimate of drug-likeness (QED) is 0.885. The average molecular weight is 369 g/mol. The number of para-hydroxylation sites is 1. The summed E-state index contributed by atoms with van der Waals surface area (Å²) in [6, 6.07) is 9.31. The molecule has 0 radical (unpaired) electrons. The number of hydrogen-bond acceptors (Lipinski definition) is 5. The number of rotatable bonds is 4. The second-order valence-electron chi connectivity index (χ2n) is 7.81. The van der Waals surface area contributed by atoms with E-state index < -0.39 is 0 Å². The molecular formula is C21H28FN5.